The van der Waals surface area contributed by atoms with Crippen molar-refractivity contribution in [2.45, 2.75) is 57.8 Å². The van der Waals surface area contributed by atoms with E-state index in [1.807, 2.05) is 12.1 Å². The van der Waals surface area contributed by atoms with Crippen molar-refractivity contribution in [3.8, 4) is 5.75 Å². The van der Waals surface area contributed by atoms with Gasteiger partial charge in [0.05, 0.1) is 6.10 Å². The highest BCUT2D eigenvalue weighted by atomic mass is 79.9. The fourth-order valence-electron chi connectivity index (χ4n) is 2.55. The molecule has 0 saturated heterocycles. The number of benzene rings is 1. The summed E-state index contributed by atoms with van der Waals surface area (Å²) in [6, 6.07) is 6.05. The highest BCUT2D eigenvalue weighted by molar-refractivity contribution is 9.10. The van der Waals surface area contributed by atoms with E-state index in [-0.39, 0.29) is 12.2 Å². The molecule has 2 atom stereocenters. The van der Waals surface area contributed by atoms with Crippen LogP contribution in [0.5, 0.6) is 5.75 Å². The number of rotatable bonds is 6. The molecule has 1 saturated carbocycles. The summed E-state index contributed by atoms with van der Waals surface area (Å²) in [5.74, 6) is 0.854. The molecule has 0 bridgehead atoms. The molecule has 0 aromatic heterocycles. The van der Waals surface area contributed by atoms with Gasteiger partial charge in [0.25, 0.3) is 0 Å². The van der Waals surface area contributed by atoms with Crippen molar-refractivity contribution in [1.82, 2.24) is 5.32 Å². The zero-order chi connectivity index (χ0) is 14.4. The van der Waals surface area contributed by atoms with E-state index in [4.69, 9.17) is 4.74 Å². The number of aliphatic hydroxyl groups excluding tert-OH is 1. The second-order valence-electron chi connectivity index (χ2n) is 5.44. The molecule has 0 spiro atoms. The molecule has 1 aromatic carbocycles. The van der Waals surface area contributed by atoms with Crippen LogP contribution in [0.1, 0.15) is 44.6 Å². The predicted octanol–water partition coefficient (Wildman–Crippen LogP) is 3.63. The first-order valence-electron chi connectivity index (χ1n) is 7.54. The van der Waals surface area contributed by atoms with Crippen LogP contribution in [0.2, 0.25) is 0 Å². The largest absolute Gasteiger partial charge is 0.488 e. The number of nitrogens with one attached hydrogen (secondary N) is 1. The van der Waals surface area contributed by atoms with Crippen molar-refractivity contribution in [2.24, 2.45) is 0 Å². The minimum atomic E-state index is -0.325. The Kier molecular flexibility index (Phi) is 6.33. The van der Waals surface area contributed by atoms with Crippen LogP contribution in [0, 0.1) is 0 Å². The van der Waals surface area contributed by atoms with Crippen LogP contribution < -0.4 is 10.1 Å². The van der Waals surface area contributed by atoms with Gasteiger partial charge in [-0.25, -0.2) is 0 Å². The van der Waals surface area contributed by atoms with Gasteiger partial charge in [0.15, 0.2) is 0 Å². The summed E-state index contributed by atoms with van der Waals surface area (Å²) in [6.07, 6.45) is 4.79. The molecule has 2 rings (SSSR count). The second-order valence-corrected chi connectivity index (χ2v) is 6.29. The van der Waals surface area contributed by atoms with Crippen LogP contribution in [0.25, 0.3) is 0 Å². The Morgan fingerprint density at radius 3 is 2.90 bits per heavy atom. The predicted molar refractivity (Wildman–Crippen MR) is 85.0 cm³/mol. The standard InChI is InChI=1S/C16H24BrNO2/c1-2-9-18-11-12-10-13(7-8-14(12)17)20-16-6-4-3-5-15(16)19/h7-8,10,15-16,18-19H,2-6,9,11H2,1H3. The topological polar surface area (TPSA) is 41.5 Å². The van der Waals surface area contributed by atoms with Gasteiger partial charge in [-0.15, -0.1) is 0 Å². The van der Waals surface area contributed by atoms with Gasteiger partial charge in [0.1, 0.15) is 11.9 Å². The molecule has 20 heavy (non-hydrogen) atoms. The van der Waals surface area contributed by atoms with Gasteiger partial charge in [-0.2, -0.15) is 0 Å². The molecule has 1 fully saturated rings. The van der Waals surface area contributed by atoms with Crippen molar-refractivity contribution in [3.63, 3.8) is 0 Å². The van der Waals surface area contributed by atoms with Crippen molar-refractivity contribution >= 4 is 15.9 Å². The van der Waals surface area contributed by atoms with Gasteiger partial charge in [-0.05, 0) is 56.0 Å². The Morgan fingerprint density at radius 2 is 2.15 bits per heavy atom. The van der Waals surface area contributed by atoms with E-state index in [2.05, 4.69) is 34.2 Å². The molecule has 0 radical (unpaired) electrons. The lowest BCUT2D eigenvalue weighted by Crippen LogP contribution is -2.34. The molecule has 0 heterocycles. The Hall–Kier alpha value is -0.580. The van der Waals surface area contributed by atoms with Crippen molar-refractivity contribution in [1.29, 1.82) is 0 Å². The maximum absolute atomic E-state index is 9.98. The zero-order valence-corrected chi connectivity index (χ0v) is 13.7. The van der Waals surface area contributed by atoms with Crippen LogP contribution in [0.3, 0.4) is 0 Å². The lowest BCUT2D eigenvalue weighted by molar-refractivity contribution is 0.00683. The van der Waals surface area contributed by atoms with E-state index in [1.165, 1.54) is 5.56 Å². The molecule has 2 N–H and O–H groups in total. The molecule has 3 nitrogen and oxygen atoms in total. The highest BCUT2D eigenvalue weighted by Gasteiger charge is 2.24. The fraction of sp³-hybridized carbons (Fsp3) is 0.625. The Morgan fingerprint density at radius 1 is 1.35 bits per heavy atom. The van der Waals surface area contributed by atoms with Crippen LogP contribution in [-0.2, 0) is 6.54 Å². The minimum absolute atomic E-state index is 0.0543. The Labute approximate surface area is 129 Å². The van der Waals surface area contributed by atoms with Gasteiger partial charge in [-0.3, -0.25) is 0 Å². The van der Waals surface area contributed by atoms with Crippen LogP contribution in [0.15, 0.2) is 22.7 Å². The normalized spacial score (nSPS) is 22.8. The summed E-state index contributed by atoms with van der Waals surface area (Å²) in [5, 5.41) is 13.4. The number of hydrogen-bond acceptors (Lipinski definition) is 3. The molecule has 2 unspecified atom stereocenters. The quantitative estimate of drug-likeness (QED) is 0.776. The van der Waals surface area contributed by atoms with Gasteiger partial charge < -0.3 is 15.2 Å². The van der Waals surface area contributed by atoms with Crippen molar-refractivity contribution in [2.75, 3.05) is 6.54 Å². The van der Waals surface area contributed by atoms with E-state index in [0.29, 0.717) is 0 Å². The first-order chi connectivity index (χ1) is 9.70. The molecule has 1 aliphatic carbocycles. The molecule has 1 aromatic rings. The molecular weight excluding hydrogens is 318 g/mol. The summed E-state index contributed by atoms with van der Waals surface area (Å²) in [5.41, 5.74) is 1.20. The molecule has 0 amide bonds. The molecule has 112 valence electrons. The SMILES string of the molecule is CCCNCc1cc(OC2CCCCC2O)ccc1Br. The minimum Gasteiger partial charge on any atom is -0.488 e. The Bertz CT molecular complexity index is 425. The van der Waals surface area contributed by atoms with Gasteiger partial charge in [0, 0.05) is 11.0 Å². The summed E-state index contributed by atoms with van der Waals surface area (Å²) < 4.78 is 7.07. The van der Waals surface area contributed by atoms with E-state index in [1.54, 1.807) is 0 Å². The maximum atomic E-state index is 9.98. The van der Waals surface area contributed by atoms with Gasteiger partial charge in [-0.1, -0.05) is 29.3 Å². The lowest BCUT2D eigenvalue weighted by Gasteiger charge is -2.28. The average molecular weight is 342 g/mol. The molecular formula is C16H24BrNO2. The summed E-state index contributed by atoms with van der Waals surface area (Å²) >= 11 is 3.57. The summed E-state index contributed by atoms with van der Waals surface area (Å²) in [4.78, 5) is 0. The van der Waals surface area contributed by atoms with Crippen molar-refractivity contribution in [3.05, 3.63) is 28.2 Å². The maximum Gasteiger partial charge on any atom is 0.124 e. The Balaban J connectivity index is 1.98. The number of halogens is 1. The van der Waals surface area contributed by atoms with Gasteiger partial charge in [0.2, 0.25) is 0 Å². The second kappa shape index (κ2) is 8.01. The first-order valence-corrected chi connectivity index (χ1v) is 8.34. The summed E-state index contributed by atoms with van der Waals surface area (Å²) in [6.45, 7) is 4.00. The van der Waals surface area contributed by atoms with Crippen LogP contribution >= 0.6 is 15.9 Å². The smallest absolute Gasteiger partial charge is 0.124 e. The molecule has 4 heteroatoms. The van der Waals surface area contributed by atoms with Crippen LogP contribution in [-0.4, -0.2) is 23.9 Å². The van der Waals surface area contributed by atoms with Gasteiger partial charge >= 0.3 is 0 Å². The van der Waals surface area contributed by atoms with Crippen molar-refractivity contribution < 1.29 is 9.84 Å². The van der Waals surface area contributed by atoms with E-state index < -0.39 is 0 Å². The number of ether oxygens (including phenoxy) is 1. The van der Waals surface area contributed by atoms with Crippen LogP contribution in [0.4, 0.5) is 0 Å². The first kappa shape index (κ1) is 15.8. The third-order valence-electron chi connectivity index (χ3n) is 3.71. The third-order valence-corrected chi connectivity index (χ3v) is 4.49. The lowest BCUT2D eigenvalue weighted by atomic mass is 9.95. The highest BCUT2D eigenvalue weighted by Crippen LogP contribution is 2.27. The monoisotopic (exact) mass is 341 g/mol. The van der Waals surface area contributed by atoms with E-state index >= 15 is 0 Å². The average Bonchev–Trinajstić information content (AvgIpc) is 2.45. The fourth-order valence-corrected chi connectivity index (χ4v) is 2.94. The number of hydrogen-bond donors (Lipinski definition) is 2. The third kappa shape index (κ3) is 4.47. The molecule has 1 aliphatic rings. The molecule has 0 aliphatic heterocycles. The summed E-state index contributed by atoms with van der Waals surface area (Å²) in [7, 11) is 0. The number of aliphatic hydroxyl groups is 1. The van der Waals surface area contributed by atoms with E-state index in [0.717, 1.165) is 55.4 Å². The zero-order valence-electron chi connectivity index (χ0n) is 12.1. The van der Waals surface area contributed by atoms with E-state index in [9.17, 15) is 5.11 Å².